The number of rotatable bonds is 5. The number of thiophene rings is 1. The quantitative estimate of drug-likeness (QED) is 0.476. The molecule has 1 aromatic heterocycles. The lowest BCUT2D eigenvalue weighted by Crippen LogP contribution is -2.30. The lowest BCUT2D eigenvalue weighted by atomic mass is 9.98. The van der Waals surface area contributed by atoms with Gasteiger partial charge in [-0.1, -0.05) is 43.2 Å². The first kappa shape index (κ1) is 18.4. The fourth-order valence-corrected chi connectivity index (χ4v) is 4.29. The zero-order valence-electron chi connectivity index (χ0n) is 15.3. The maximum absolute atomic E-state index is 12.8. The minimum Gasteiger partial charge on any atom is -0.507 e. The number of amides is 1. The van der Waals surface area contributed by atoms with Crippen molar-refractivity contribution in [3.8, 4) is 0 Å². The maximum atomic E-state index is 12.8. The molecular formula is C21H23NO3S. The summed E-state index contributed by atoms with van der Waals surface area (Å²) in [6, 6.07) is 8.79. The molecule has 1 amide bonds. The Bertz CT molecular complexity index is 864. The van der Waals surface area contributed by atoms with E-state index in [2.05, 4.69) is 0 Å². The zero-order valence-corrected chi connectivity index (χ0v) is 16.1. The molecule has 1 aromatic carbocycles. The number of unbranched alkanes of at least 4 members (excludes halogenated alkanes) is 1. The molecule has 5 heteroatoms. The van der Waals surface area contributed by atoms with Crippen LogP contribution in [0.15, 0.2) is 41.3 Å². The third-order valence-corrected chi connectivity index (χ3v) is 5.84. The molecule has 1 atom stereocenters. The highest BCUT2D eigenvalue weighted by Crippen LogP contribution is 2.42. The number of aryl methyl sites for hydroxylation is 2. The molecule has 136 valence electrons. The maximum Gasteiger partial charge on any atom is 0.295 e. The van der Waals surface area contributed by atoms with Crippen LogP contribution in [-0.2, 0) is 9.59 Å². The van der Waals surface area contributed by atoms with Crippen LogP contribution >= 0.6 is 11.3 Å². The molecule has 26 heavy (non-hydrogen) atoms. The summed E-state index contributed by atoms with van der Waals surface area (Å²) in [6.07, 6.45) is 1.75. The van der Waals surface area contributed by atoms with Gasteiger partial charge in [-0.25, -0.2) is 0 Å². The predicted molar refractivity (Wildman–Crippen MR) is 104 cm³/mol. The fraction of sp³-hybridized carbons (Fsp3) is 0.333. The number of Topliss-reactive ketones (excluding diaryl/α,β-unsaturated/α-hetero) is 1. The van der Waals surface area contributed by atoms with E-state index in [-0.39, 0.29) is 11.3 Å². The summed E-state index contributed by atoms with van der Waals surface area (Å²) in [5, 5.41) is 12.8. The summed E-state index contributed by atoms with van der Waals surface area (Å²) in [4.78, 5) is 28.0. The Kier molecular flexibility index (Phi) is 5.28. The van der Waals surface area contributed by atoms with Crippen LogP contribution in [0.1, 0.15) is 47.4 Å². The van der Waals surface area contributed by atoms with Crippen molar-refractivity contribution in [1.82, 2.24) is 4.90 Å². The average Bonchev–Trinajstić information content (AvgIpc) is 3.15. The highest BCUT2D eigenvalue weighted by molar-refractivity contribution is 7.10. The third-order valence-electron chi connectivity index (χ3n) is 4.77. The summed E-state index contributed by atoms with van der Waals surface area (Å²) in [5.41, 5.74) is 2.85. The normalized spacial score (nSPS) is 19.3. The minimum atomic E-state index is -0.600. The van der Waals surface area contributed by atoms with E-state index in [9.17, 15) is 14.7 Å². The van der Waals surface area contributed by atoms with Crippen molar-refractivity contribution < 1.29 is 14.7 Å². The molecule has 0 saturated carbocycles. The Balaban J connectivity index is 2.15. The van der Waals surface area contributed by atoms with Crippen LogP contribution in [0.25, 0.3) is 5.76 Å². The fourth-order valence-electron chi connectivity index (χ4n) is 3.24. The number of hydrogen-bond acceptors (Lipinski definition) is 4. The molecule has 2 aromatic rings. The van der Waals surface area contributed by atoms with E-state index in [0.717, 1.165) is 28.8 Å². The molecule has 1 unspecified atom stereocenters. The molecule has 1 aliphatic rings. The highest BCUT2D eigenvalue weighted by atomic mass is 32.1. The monoisotopic (exact) mass is 369 g/mol. The van der Waals surface area contributed by atoms with Gasteiger partial charge in [0.05, 0.1) is 11.6 Å². The molecule has 1 aliphatic heterocycles. The van der Waals surface area contributed by atoms with Crippen molar-refractivity contribution in [1.29, 1.82) is 0 Å². The Morgan fingerprint density at radius 1 is 1.15 bits per heavy atom. The number of aliphatic hydroxyl groups excluding tert-OH is 1. The first-order chi connectivity index (χ1) is 12.5. The molecule has 1 N–H and O–H groups in total. The van der Waals surface area contributed by atoms with Crippen LogP contribution < -0.4 is 0 Å². The van der Waals surface area contributed by atoms with Gasteiger partial charge in [0, 0.05) is 17.0 Å². The first-order valence-corrected chi connectivity index (χ1v) is 9.73. The van der Waals surface area contributed by atoms with E-state index in [0.29, 0.717) is 12.1 Å². The van der Waals surface area contributed by atoms with Gasteiger partial charge >= 0.3 is 0 Å². The minimum absolute atomic E-state index is 0.0971. The van der Waals surface area contributed by atoms with Gasteiger partial charge in [-0.2, -0.15) is 0 Å². The molecule has 3 rings (SSSR count). The highest BCUT2D eigenvalue weighted by Gasteiger charge is 2.46. The van der Waals surface area contributed by atoms with Gasteiger partial charge in [0.2, 0.25) is 0 Å². The van der Waals surface area contributed by atoms with E-state index in [1.54, 1.807) is 17.0 Å². The van der Waals surface area contributed by atoms with E-state index >= 15 is 0 Å². The molecule has 0 bridgehead atoms. The largest absolute Gasteiger partial charge is 0.507 e. The molecule has 2 heterocycles. The molecule has 0 aliphatic carbocycles. The van der Waals surface area contributed by atoms with Crippen LogP contribution in [0, 0.1) is 13.8 Å². The Labute approximate surface area is 157 Å². The second kappa shape index (κ2) is 7.46. The second-order valence-corrected chi connectivity index (χ2v) is 7.63. The standard InChI is InChI=1S/C21H23NO3S/c1-4-5-11-22-17(20-14(3)10-12-26-20)16(19(24)21(22)25)18(23)15-8-6-13(2)7-9-15/h6-10,12,17,23H,4-5,11H2,1-3H3/b18-16-. The molecule has 0 spiro atoms. The van der Waals surface area contributed by atoms with Gasteiger partial charge in [-0.05, 0) is 37.3 Å². The number of hydrogen-bond donors (Lipinski definition) is 1. The molecule has 1 saturated heterocycles. The topological polar surface area (TPSA) is 57.6 Å². The lowest BCUT2D eigenvalue weighted by Gasteiger charge is -2.24. The van der Waals surface area contributed by atoms with Crippen molar-refractivity contribution >= 4 is 28.8 Å². The number of aliphatic hydroxyl groups is 1. The Morgan fingerprint density at radius 2 is 1.85 bits per heavy atom. The average molecular weight is 369 g/mol. The Morgan fingerprint density at radius 3 is 2.42 bits per heavy atom. The van der Waals surface area contributed by atoms with Crippen molar-refractivity contribution in [2.75, 3.05) is 6.54 Å². The number of carbonyl (C=O) groups excluding carboxylic acids is 2. The van der Waals surface area contributed by atoms with Crippen LogP contribution in [0.4, 0.5) is 0 Å². The van der Waals surface area contributed by atoms with Gasteiger partial charge < -0.3 is 10.0 Å². The molecule has 4 nitrogen and oxygen atoms in total. The second-order valence-electron chi connectivity index (χ2n) is 6.68. The van der Waals surface area contributed by atoms with Crippen molar-refractivity contribution in [3.63, 3.8) is 0 Å². The van der Waals surface area contributed by atoms with E-state index < -0.39 is 17.7 Å². The number of nitrogens with zero attached hydrogens (tertiary/aromatic N) is 1. The van der Waals surface area contributed by atoms with Crippen molar-refractivity contribution in [3.05, 3.63) is 62.9 Å². The Hall–Kier alpha value is -2.40. The number of benzene rings is 1. The summed E-state index contributed by atoms with van der Waals surface area (Å²) in [7, 11) is 0. The molecule has 1 fully saturated rings. The van der Waals surface area contributed by atoms with Crippen LogP contribution in [0.3, 0.4) is 0 Å². The predicted octanol–water partition coefficient (Wildman–Crippen LogP) is 4.59. The van der Waals surface area contributed by atoms with E-state index in [1.165, 1.54) is 11.3 Å². The zero-order chi connectivity index (χ0) is 18.8. The summed E-state index contributed by atoms with van der Waals surface area (Å²) < 4.78 is 0. The van der Waals surface area contributed by atoms with Crippen LogP contribution in [0.2, 0.25) is 0 Å². The van der Waals surface area contributed by atoms with Crippen molar-refractivity contribution in [2.24, 2.45) is 0 Å². The molecular weight excluding hydrogens is 346 g/mol. The van der Waals surface area contributed by atoms with Crippen molar-refractivity contribution in [2.45, 2.75) is 39.7 Å². The number of carbonyl (C=O) groups is 2. The SMILES string of the molecule is CCCCN1C(=O)C(=O)/C(=C(\O)c2ccc(C)cc2)C1c1sccc1C. The van der Waals surface area contributed by atoms with Gasteiger partial charge in [0.15, 0.2) is 0 Å². The van der Waals surface area contributed by atoms with Crippen LogP contribution in [-0.4, -0.2) is 28.2 Å². The smallest absolute Gasteiger partial charge is 0.295 e. The lowest BCUT2D eigenvalue weighted by molar-refractivity contribution is -0.139. The summed E-state index contributed by atoms with van der Waals surface area (Å²) >= 11 is 1.52. The molecule has 0 radical (unpaired) electrons. The van der Waals surface area contributed by atoms with E-state index in [4.69, 9.17) is 0 Å². The van der Waals surface area contributed by atoms with Gasteiger partial charge in [0.1, 0.15) is 5.76 Å². The van der Waals surface area contributed by atoms with Crippen LogP contribution in [0.5, 0.6) is 0 Å². The van der Waals surface area contributed by atoms with Gasteiger partial charge in [-0.15, -0.1) is 11.3 Å². The third kappa shape index (κ3) is 3.19. The number of likely N-dealkylation sites (tertiary alicyclic amines) is 1. The number of ketones is 1. The van der Waals surface area contributed by atoms with E-state index in [1.807, 2.05) is 44.4 Å². The van der Waals surface area contributed by atoms with Gasteiger partial charge in [-0.3, -0.25) is 9.59 Å². The summed E-state index contributed by atoms with van der Waals surface area (Å²) in [5.74, 6) is -1.22. The summed E-state index contributed by atoms with van der Waals surface area (Å²) in [6.45, 7) is 6.49. The first-order valence-electron chi connectivity index (χ1n) is 8.85. The van der Waals surface area contributed by atoms with Gasteiger partial charge in [0.25, 0.3) is 11.7 Å².